The Kier molecular flexibility index (Phi) is 3.24. The van der Waals surface area contributed by atoms with Crippen LogP contribution in [-0.4, -0.2) is 11.7 Å². The molecule has 3 heteroatoms. The number of benzene rings is 1. The molecule has 88 valence electrons. The number of halogens is 1. The minimum atomic E-state index is -0.281. The van der Waals surface area contributed by atoms with Gasteiger partial charge in [0.25, 0.3) is 0 Å². The first-order valence-electron chi connectivity index (χ1n) is 5.55. The summed E-state index contributed by atoms with van der Waals surface area (Å²) in [4.78, 5) is 0. The third-order valence-corrected chi connectivity index (χ3v) is 2.96. The molecule has 0 radical (unpaired) electrons. The van der Waals surface area contributed by atoms with Crippen LogP contribution in [0.25, 0.3) is 0 Å². The van der Waals surface area contributed by atoms with Crippen molar-refractivity contribution < 1.29 is 9.47 Å². The van der Waals surface area contributed by atoms with Crippen molar-refractivity contribution in [1.82, 2.24) is 0 Å². The van der Waals surface area contributed by atoms with Crippen molar-refractivity contribution in [2.24, 2.45) is 0 Å². The molecule has 0 aromatic heterocycles. The first kappa shape index (κ1) is 11.9. The molecule has 2 atom stereocenters. The third kappa shape index (κ3) is 2.76. The topological polar surface area (TPSA) is 18.5 Å². The van der Waals surface area contributed by atoms with Gasteiger partial charge in [0, 0.05) is 17.0 Å². The second-order valence-corrected chi connectivity index (χ2v) is 5.35. The van der Waals surface area contributed by atoms with E-state index in [1.54, 1.807) is 0 Å². The van der Waals surface area contributed by atoms with E-state index in [9.17, 15) is 0 Å². The van der Waals surface area contributed by atoms with Gasteiger partial charge in [-0.3, -0.25) is 0 Å². The van der Waals surface area contributed by atoms with Crippen molar-refractivity contribution >= 4 is 11.6 Å². The minimum Gasteiger partial charge on any atom is -0.345 e. The third-order valence-electron chi connectivity index (χ3n) is 2.70. The second-order valence-electron chi connectivity index (χ2n) is 4.91. The predicted molar refractivity (Wildman–Crippen MR) is 64.5 cm³/mol. The van der Waals surface area contributed by atoms with Gasteiger partial charge in [-0.15, -0.1) is 0 Å². The summed E-state index contributed by atoms with van der Waals surface area (Å²) >= 11 is 5.85. The summed E-state index contributed by atoms with van der Waals surface area (Å²) in [6.07, 6.45) is 0.845. The molecular formula is C13H17ClO2. The van der Waals surface area contributed by atoms with Crippen molar-refractivity contribution in [3.05, 3.63) is 34.9 Å². The molecule has 1 aromatic carbocycles. The van der Waals surface area contributed by atoms with Crippen molar-refractivity contribution in [3.8, 4) is 0 Å². The molecule has 0 unspecified atom stereocenters. The summed E-state index contributed by atoms with van der Waals surface area (Å²) in [5.74, 6) is 0. The van der Waals surface area contributed by atoms with Crippen LogP contribution in [-0.2, 0) is 9.47 Å². The normalized spacial score (nSPS) is 29.0. The maximum atomic E-state index is 5.90. The summed E-state index contributed by atoms with van der Waals surface area (Å²) in [5, 5.41) is 0.729. The van der Waals surface area contributed by atoms with Crippen LogP contribution < -0.4 is 0 Å². The van der Waals surface area contributed by atoms with Crippen LogP contribution in [0.2, 0.25) is 5.02 Å². The summed E-state index contributed by atoms with van der Waals surface area (Å²) in [6, 6.07) is 7.61. The number of ether oxygens (including phenoxy) is 2. The van der Waals surface area contributed by atoms with E-state index in [0.29, 0.717) is 0 Å². The highest BCUT2D eigenvalue weighted by Crippen LogP contribution is 2.35. The zero-order valence-electron chi connectivity index (χ0n) is 9.87. The van der Waals surface area contributed by atoms with Crippen LogP contribution in [0.4, 0.5) is 0 Å². The molecule has 1 saturated heterocycles. The van der Waals surface area contributed by atoms with E-state index >= 15 is 0 Å². The Morgan fingerprint density at radius 1 is 1.25 bits per heavy atom. The molecule has 0 saturated carbocycles. The fourth-order valence-corrected chi connectivity index (χ4v) is 2.21. The van der Waals surface area contributed by atoms with Crippen molar-refractivity contribution in [1.29, 1.82) is 0 Å². The van der Waals surface area contributed by atoms with Crippen LogP contribution in [0.3, 0.4) is 0 Å². The van der Waals surface area contributed by atoms with Gasteiger partial charge in [0.05, 0.1) is 11.7 Å². The molecule has 0 aliphatic carbocycles. The predicted octanol–water partition coefficient (Wildman–Crippen LogP) is 3.94. The minimum absolute atomic E-state index is 0.137. The Morgan fingerprint density at radius 2 is 1.88 bits per heavy atom. The molecule has 1 fully saturated rings. The van der Waals surface area contributed by atoms with Gasteiger partial charge in [-0.1, -0.05) is 23.7 Å². The summed E-state index contributed by atoms with van der Waals surface area (Å²) in [5.41, 5.74) is 0.881. The van der Waals surface area contributed by atoms with Crippen LogP contribution in [0.1, 0.15) is 39.0 Å². The van der Waals surface area contributed by atoms with Gasteiger partial charge in [0.1, 0.15) is 0 Å². The SMILES string of the molecule is C[C@@H]1CC(C)(C)O[C@@H](c2ccc(Cl)cc2)O1. The fourth-order valence-electron chi connectivity index (χ4n) is 2.08. The lowest BCUT2D eigenvalue weighted by Gasteiger charge is -2.39. The fraction of sp³-hybridized carbons (Fsp3) is 0.538. The highest BCUT2D eigenvalue weighted by molar-refractivity contribution is 6.30. The van der Waals surface area contributed by atoms with Crippen LogP contribution in [0, 0.1) is 0 Å². The summed E-state index contributed by atoms with van der Waals surface area (Å²) in [7, 11) is 0. The molecule has 0 N–H and O–H groups in total. The van der Waals surface area contributed by atoms with Crippen molar-refractivity contribution in [2.75, 3.05) is 0 Å². The van der Waals surface area contributed by atoms with Crippen molar-refractivity contribution in [2.45, 2.75) is 45.2 Å². The smallest absolute Gasteiger partial charge is 0.184 e. The highest BCUT2D eigenvalue weighted by atomic mass is 35.5. The average molecular weight is 241 g/mol. The lowest BCUT2D eigenvalue weighted by molar-refractivity contribution is -0.273. The molecule has 2 nitrogen and oxygen atoms in total. The van der Waals surface area contributed by atoms with E-state index in [4.69, 9.17) is 21.1 Å². The number of hydrogen-bond acceptors (Lipinski definition) is 2. The van der Waals surface area contributed by atoms with E-state index in [1.165, 1.54) is 0 Å². The number of hydrogen-bond donors (Lipinski definition) is 0. The Morgan fingerprint density at radius 3 is 2.44 bits per heavy atom. The Balaban J connectivity index is 2.17. The average Bonchev–Trinajstić information content (AvgIpc) is 2.15. The molecule has 1 aliphatic rings. The van der Waals surface area contributed by atoms with E-state index in [2.05, 4.69) is 20.8 Å². The summed E-state index contributed by atoms with van der Waals surface area (Å²) < 4.78 is 11.7. The monoisotopic (exact) mass is 240 g/mol. The highest BCUT2D eigenvalue weighted by Gasteiger charge is 2.34. The first-order valence-corrected chi connectivity index (χ1v) is 5.93. The van der Waals surface area contributed by atoms with Gasteiger partial charge >= 0.3 is 0 Å². The molecule has 1 heterocycles. The standard InChI is InChI=1S/C13H17ClO2/c1-9-8-13(2,3)16-12(15-9)10-4-6-11(14)7-5-10/h4-7,9,12H,8H2,1-3H3/t9-,12+/m1/s1. The zero-order valence-corrected chi connectivity index (χ0v) is 10.6. The van der Waals surface area contributed by atoms with E-state index in [0.717, 1.165) is 17.0 Å². The Bertz CT molecular complexity index is 359. The molecule has 1 aliphatic heterocycles. The van der Waals surface area contributed by atoms with Gasteiger partial charge < -0.3 is 9.47 Å². The molecule has 0 spiro atoms. The maximum absolute atomic E-state index is 5.90. The molecule has 0 bridgehead atoms. The molecule has 1 aromatic rings. The van der Waals surface area contributed by atoms with E-state index in [1.807, 2.05) is 24.3 Å². The summed E-state index contributed by atoms with van der Waals surface area (Å²) in [6.45, 7) is 6.26. The molecule has 16 heavy (non-hydrogen) atoms. The van der Waals surface area contributed by atoms with Crippen LogP contribution in [0.5, 0.6) is 0 Å². The van der Waals surface area contributed by atoms with Gasteiger partial charge in [-0.05, 0) is 32.9 Å². The molecular weight excluding hydrogens is 224 g/mol. The van der Waals surface area contributed by atoms with Crippen LogP contribution in [0.15, 0.2) is 24.3 Å². The van der Waals surface area contributed by atoms with E-state index < -0.39 is 0 Å². The van der Waals surface area contributed by atoms with Gasteiger partial charge in [-0.2, -0.15) is 0 Å². The quantitative estimate of drug-likeness (QED) is 0.740. The zero-order chi connectivity index (χ0) is 11.8. The molecule has 2 rings (SSSR count). The van der Waals surface area contributed by atoms with Crippen molar-refractivity contribution in [3.63, 3.8) is 0 Å². The Labute approximate surface area is 102 Å². The lowest BCUT2D eigenvalue weighted by Crippen LogP contribution is -2.38. The lowest BCUT2D eigenvalue weighted by atomic mass is 9.99. The first-order chi connectivity index (χ1) is 7.46. The van der Waals surface area contributed by atoms with Gasteiger partial charge in [-0.25, -0.2) is 0 Å². The Hall–Kier alpha value is -0.570. The largest absolute Gasteiger partial charge is 0.345 e. The number of rotatable bonds is 1. The molecule has 0 amide bonds. The second kappa shape index (κ2) is 4.36. The van der Waals surface area contributed by atoms with E-state index in [-0.39, 0.29) is 18.0 Å². The van der Waals surface area contributed by atoms with Gasteiger partial charge in [0.15, 0.2) is 6.29 Å². The van der Waals surface area contributed by atoms with Gasteiger partial charge in [0.2, 0.25) is 0 Å². The van der Waals surface area contributed by atoms with Crippen LogP contribution >= 0.6 is 11.6 Å². The maximum Gasteiger partial charge on any atom is 0.184 e.